The molecule has 2 saturated heterocycles. The van der Waals surface area contributed by atoms with Gasteiger partial charge in [0.15, 0.2) is 5.78 Å². The number of nitrogens with zero attached hydrogens (tertiary/aromatic N) is 2. The van der Waals surface area contributed by atoms with Crippen molar-refractivity contribution in [2.75, 3.05) is 33.2 Å². The number of benzene rings is 1. The van der Waals surface area contributed by atoms with Gasteiger partial charge in [0.2, 0.25) is 5.91 Å². The van der Waals surface area contributed by atoms with Crippen LogP contribution in [-0.2, 0) is 9.59 Å². The van der Waals surface area contributed by atoms with Gasteiger partial charge in [-0.2, -0.15) is 0 Å². The first kappa shape index (κ1) is 20.9. The number of hydrogen-bond acceptors (Lipinski definition) is 4. The zero-order valence-corrected chi connectivity index (χ0v) is 17.1. The number of likely N-dealkylation sites (N-methyl/N-ethyl adjacent to an activating group) is 1. The number of carboxylic acid groups (broad SMARTS) is 1. The van der Waals surface area contributed by atoms with Crippen LogP contribution in [0.4, 0.5) is 4.79 Å². The van der Waals surface area contributed by atoms with E-state index in [0.29, 0.717) is 36.1 Å². The molecule has 2 aliphatic heterocycles. The van der Waals surface area contributed by atoms with Gasteiger partial charge in [0, 0.05) is 52.0 Å². The number of amides is 2. The lowest BCUT2D eigenvalue weighted by Gasteiger charge is -2.40. The van der Waals surface area contributed by atoms with E-state index in [1.165, 1.54) is 7.05 Å². The fraction of sp³-hybridized carbons (Fsp3) is 0.526. The fourth-order valence-corrected chi connectivity index (χ4v) is 4.52. The van der Waals surface area contributed by atoms with E-state index in [1.54, 1.807) is 23.1 Å². The van der Waals surface area contributed by atoms with Gasteiger partial charge in [0.1, 0.15) is 5.54 Å². The number of nitrogens with one attached hydrogen (secondary N) is 1. The van der Waals surface area contributed by atoms with Crippen LogP contribution >= 0.6 is 23.2 Å². The summed E-state index contributed by atoms with van der Waals surface area (Å²) in [7, 11) is 1.42. The van der Waals surface area contributed by atoms with Gasteiger partial charge >= 0.3 is 6.09 Å². The highest BCUT2D eigenvalue weighted by Crippen LogP contribution is 2.39. The molecule has 2 amide bonds. The molecule has 0 aliphatic carbocycles. The van der Waals surface area contributed by atoms with Crippen molar-refractivity contribution in [2.24, 2.45) is 0 Å². The van der Waals surface area contributed by atoms with Crippen molar-refractivity contribution in [2.45, 2.75) is 30.7 Å². The third-order valence-electron chi connectivity index (χ3n) is 5.81. The summed E-state index contributed by atoms with van der Waals surface area (Å²) in [6.07, 6.45) is 0.213. The molecular formula is C19H23Cl2N3O4. The molecule has 2 atom stereocenters. The van der Waals surface area contributed by atoms with Crippen LogP contribution in [0.25, 0.3) is 0 Å². The van der Waals surface area contributed by atoms with E-state index in [2.05, 4.69) is 5.32 Å². The van der Waals surface area contributed by atoms with Crippen molar-refractivity contribution in [3.8, 4) is 0 Å². The maximum atomic E-state index is 13.4. The summed E-state index contributed by atoms with van der Waals surface area (Å²) in [5, 5.41) is 13.6. The Balaban J connectivity index is 1.91. The van der Waals surface area contributed by atoms with Crippen molar-refractivity contribution >= 4 is 41.0 Å². The highest BCUT2D eigenvalue weighted by Gasteiger charge is 2.54. The van der Waals surface area contributed by atoms with E-state index >= 15 is 0 Å². The van der Waals surface area contributed by atoms with Crippen LogP contribution in [0.1, 0.15) is 30.7 Å². The smallest absolute Gasteiger partial charge is 0.407 e. The van der Waals surface area contributed by atoms with Gasteiger partial charge in [-0.25, -0.2) is 4.79 Å². The van der Waals surface area contributed by atoms with Gasteiger partial charge < -0.3 is 15.3 Å². The molecule has 2 aliphatic rings. The molecule has 1 aromatic carbocycles. The Morgan fingerprint density at radius 1 is 1.36 bits per heavy atom. The lowest BCUT2D eigenvalue weighted by atomic mass is 9.76. The molecule has 2 N–H and O–H groups in total. The molecule has 0 aromatic heterocycles. The molecule has 0 unspecified atom stereocenters. The minimum atomic E-state index is -1.27. The fourth-order valence-electron chi connectivity index (χ4n) is 4.22. The lowest BCUT2D eigenvalue weighted by molar-refractivity contribution is -0.131. The maximum absolute atomic E-state index is 13.4. The zero-order valence-electron chi connectivity index (χ0n) is 15.6. The first-order valence-corrected chi connectivity index (χ1v) is 9.96. The highest BCUT2D eigenvalue weighted by molar-refractivity contribution is 6.42. The predicted octanol–water partition coefficient (Wildman–Crippen LogP) is 2.61. The van der Waals surface area contributed by atoms with Crippen molar-refractivity contribution in [1.29, 1.82) is 0 Å². The van der Waals surface area contributed by atoms with E-state index in [-0.39, 0.29) is 24.7 Å². The molecule has 0 saturated carbocycles. The van der Waals surface area contributed by atoms with Gasteiger partial charge in [0.25, 0.3) is 0 Å². The van der Waals surface area contributed by atoms with Crippen LogP contribution in [0.2, 0.25) is 10.0 Å². The standard InChI is InChI=1S/C19H23Cl2N3O4/c1-23(18(27)28)19(16(25)6-8-24-7-2-3-17(24)26)11-22-10-13(19)12-4-5-14(20)15(21)9-12/h4-5,9,13,22H,2-3,6-8,10-11H2,1H3,(H,27,28)/t13-,19+/m1/s1. The lowest BCUT2D eigenvalue weighted by Crippen LogP contribution is -2.59. The van der Waals surface area contributed by atoms with E-state index in [9.17, 15) is 19.5 Å². The van der Waals surface area contributed by atoms with Crippen LogP contribution in [0, 0.1) is 0 Å². The normalized spacial score (nSPS) is 24.6. The molecule has 3 rings (SSSR count). The minimum Gasteiger partial charge on any atom is -0.465 e. The summed E-state index contributed by atoms with van der Waals surface area (Å²) in [6, 6.07) is 5.10. The molecule has 0 spiro atoms. The topological polar surface area (TPSA) is 90.0 Å². The Labute approximate surface area is 173 Å². The number of ketones is 1. The van der Waals surface area contributed by atoms with Gasteiger partial charge in [-0.05, 0) is 24.1 Å². The average molecular weight is 428 g/mol. The summed E-state index contributed by atoms with van der Waals surface area (Å²) < 4.78 is 0. The number of carbonyl (C=O) groups is 3. The van der Waals surface area contributed by atoms with Gasteiger partial charge in [-0.3, -0.25) is 14.5 Å². The van der Waals surface area contributed by atoms with E-state index in [4.69, 9.17) is 23.2 Å². The molecule has 0 radical (unpaired) electrons. The Morgan fingerprint density at radius 3 is 2.71 bits per heavy atom. The summed E-state index contributed by atoms with van der Waals surface area (Å²) >= 11 is 12.2. The number of halogens is 2. The Morgan fingerprint density at radius 2 is 2.11 bits per heavy atom. The Kier molecular flexibility index (Phi) is 6.17. The molecular weight excluding hydrogens is 405 g/mol. The van der Waals surface area contributed by atoms with Gasteiger partial charge in [-0.15, -0.1) is 0 Å². The van der Waals surface area contributed by atoms with Crippen LogP contribution in [0.15, 0.2) is 18.2 Å². The van der Waals surface area contributed by atoms with Crippen molar-refractivity contribution in [3.05, 3.63) is 33.8 Å². The van der Waals surface area contributed by atoms with E-state index in [1.807, 2.05) is 0 Å². The summed E-state index contributed by atoms with van der Waals surface area (Å²) in [5.41, 5.74) is -0.524. The van der Waals surface area contributed by atoms with Crippen LogP contribution < -0.4 is 5.32 Å². The summed E-state index contributed by atoms with van der Waals surface area (Å²) in [6.45, 7) is 1.58. The monoisotopic (exact) mass is 427 g/mol. The second kappa shape index (κ2) is 8.27. The van der Waals surface area contributed by atoms with E-state index < -0.39 is 17.6 Å². The number of likely N-dealkylation sites (tertiary alicyclic amines) is 1. The molecule has 2 fully saturated rings. The molecule has 7 nitrogen and oxygen atoms in total. The summed E-state index contributed by atoms with van der Waals surface area (Å²) in [4.78, 5) is 39.8. The molecule has 1 aromatic rings. The number of rotatable bonds is 6. The quantitative estimate of drug-likeness (QED) is 0.727. The Hall–Kier alpha value is -1.83. The highest BCUT2D eigenvalue weighted by atomic mass is 35.5. The third kappa shape index (κ3) is 3.71. The van der Waals surface area contributed by atoms with Crippen LogP contribution in [0.5, 0.6) is 0 Å². The number of carbonyl (C=O) groups excluding carboxylic acids is 2. The first-order chi connectivity index (χ1) is 13.3. The molecule has 2 heterocycles. The van der Waals surface area contributed by atoms with Crippen molar-refractivity contribution in [3.63, 3.8) is 0 Å². The number of Topliss-reactive ketones (excluding diaryl/α,β-unsaturated/α-hetero) is 1. The molecule has 28 heavy (non-hydrogen) atoms. The Bertz CT molecular complexity index is 803. The molecule has 152 valence electrons. The van der Waals surface area contributed by atoms with Crippen LogP contribution in [0.3, 0.4) is 0 Å². The van der Waals surface area contributed by atoms with Crippen LogP contribution in [-0.4, -0.2) is 71.5 Å². The minimum absolute atomic E-state index is 0.0408. The largest absolute Gasteiger partial charge is 0.465 e. The average Bonchev–Trinajstić information content (AvgIpc) is 3.28. The maximum Gasteiger partial charge on any atom is 0.407 e. The zero-order chi connectivity index (χ0) is 20.5. The molecule has 9 heteroatoms. The SMILES string of the molecule is CN(C(=O)O)[C@@]1(C(=O)CCN2CCCC2=O)CNC[C@@H]1c1ccc(Cl)c(Cl)c1. The molecule has 0 bridgehead atoms. The first-order valence-electron chi connectivity index (χ1n) is 9.21. The second-order valence-electron chi connectivity index (χ2n) is 7.28. The van der Waals surface area contributed by atoms with Gasteiger partial charge in [0.05, 0.1) is 10.0 Å². The van der Waals surface area contributed by atoms with Gasteiger partial charge in [-0.1, -0.05) is 29.3 Å². The third-order valence-corrected chi connectivity index (χ3v) is 6.55. The predicted molar refractivity (Wildman–Crippen MR) is 106 cm³/mol. The summed E-state index contributed by atoms with van der Waals surface area (Å²) in [5.74, 6) is -0.581. The second-order valence-corrected chi connectivity index (χ2v) is 8.09. The van der Waals surface area contributed by atoms with Crippen molar-refractivity contribution in [1.82, 2.24) is 15.1 Å². The van der Waals surface area contributed by atoms with Crippen molar-refractivity contribution < 1.29 is 19.5 Å². The number of hydrogen-bond donors (Lipinski definition) is 2. The van der Waals surface area contributed by atoms with E-state index in [0.717, 1.165) is 16.9 Å².